The summed E-state index contributed by atoms with van der Waals surface area (Å²) in [5, 5.41) is 27.7. The molecule has 4 rings (SSSR count). The van der Waals surface area contributed by atoms with Crippen molar-refractivity contribution < 1.29 is 5.11 Å². The Labute approximate surface area is 148 Å². The molecule has 2 aromatic heterocycles. The monoisotopic (exact) mass is 346 g/mol. The Bertz CT molecular complexity index is 1110. The van der Waals surface area contributed by atoms with Gasteiger partial charge in [-0.2, -0.15) is 10.4 Å². The van der Waals surface area contributed by atoms with Crippen LogP contribution in [-0.2, 0) is 0 Å². The number of nitrogens with one attached hydrogen (secondary N) is 1. The highest BCUT2D eigenvalue weighted by Gasteiger charge is 2.19. The van der Waals surface area contributed by atoms with Crippen molar-refractivity contribution in [1.29, 1.82) is 5.26 Å². The quantitative estimate of drug-likeness (QED) is 0.558. The van der Waals surface area contributed by atoms with Crippen molar-refractivity contribution in [2.75, 3.05) is 0 Å². The summed E-state index contributed by atoms with van der Waals surface area (Å²) in [6.07, 6.45) is 1.65. The van der Waals surface area contributed by atoms with E-state index in [0.29, 0.717) is 21.9 Å². The van der Waals surface area contributed by atoms with Crippen LogP contribution in [0.1, 0.15) is 5.56 Å². The van der Waals surface area contributed by atoms with Gasteiger partial charge in [0, 0.05) is 21.5 Å². The average Bonchev–Trinajstić information content (AvgIpc) is 3.10. The maximum absolute atomic E-state index is 9.83. The van der Waals surface area contributed by atoms with Crippen LogP contribution in [-0.4, -0.2) is 20.3 Å². The predicted molar refractivity (Wildman–Crippen MR) is 96.2 cm³/mol. The second-order valence-electron chi connectivity index (χ2n) is 5.51. The number of nitrogens with zero attached hydrogens (tertiary/aromatic N) is 3. The van der Waals surface area contributed by atoms with Crippen molar-refractivity contribution >= 4 is 22.6 Å². The number of hydrogen-bond acceptors (Lipinski definition) is 4. The number of aromatic hydroxyl groups is 1. The van der Waals surface area contributed by atoms with E-state index in [-0.39, 0.29) is 5.75 Å². The number of rotatable bonds is 2. The first-order chi connectivity index (χ1) is 12.2. The molecule has 4 aromatic rings. The minimum Gasteiger partial charge on any atom is -0.508 e. The Balaban J connectivity index is 2.07. The molecule has 6 heteroatoms. The first-order valence-corrected chi connectivity index (χ1v) is 7.87. The Kier molecular flexibility index (Phi) is 3.60. The molecule has 0 spiro atoms. The van der Waals surface area contributed by atoms with Crippen molar-refractivity contribution in [2.45, 2.75) is 0 Å². The van der Waals surface area contributed by atoms with Gasteiger partial charge in [-0.3, -0.25) is 5.10 Å². The standard InChI is InChI=1S/C19H11ClN4O/c20-13-5-1-12(2-6-13)18-15(9-21)17(11-3-7-14(25)8-4-11)16-10-22-24-19(16)23-18/h1-8,10,25H,(H,22,23,24). The topological polar surface area (TPSA) is 85.6 Å². The summed E-state index contributed by atoms with van der Waals surface area (Å²) in [5.74, 6) is 0.165. The number of pyridine rings is 1. The van der Waals surface area contributed by atoms with Gasteiger partial charge in [0.25, 0.3) is 0 Å². The van der Waals surface area contributed by atoms with E-state index in [1.54, 1.807) is 42.6 Å². The molecule has 0 aliphatic carbocycles. The Hall–Kier alpha value is -3.36. The highest BCUT2D eigenvalue weighted by atomic mass is 35.5. The third-order valence-corrected chi connectivity index (χ3v) is 4.24. The van der Waals surface area contributed by atoms with Crippen molar-refractivity contribution in [3.05, 3.63) is 65.3 Å². The number of aromatic nitrogens is 3. The fourth-order valence-corrected chi connectivity index (χ4v) is 2.95. The van der Waals surface area contributed by atoms with E-state index in [0.717, 1.165) is 22.1 Å². The summed E-state index contributed by atoms with van der Waals surface area (Å²) in [4.78, 5) is 4.58. The molecule has 0 aliphatic heterocycles. The van der Waals surface area contributed by atoms with E-state index < -0.39 is 0 Å². The molecule has 2 aromatic carbocycles. The number of benzene rings is 2. The second-order valence-corrected chi connectivity index (χ2v) is 5.94. The van der Waals surface area contributed by atoms with Gasteiger partial charge in [-0.1, -0.05) is 35.9 Å². The molecule has 0 aliphatic rings. The van der Waals surface area contributed by atoms with Gasteiger partial charge >= 0.3 is 0 Å². The lowest BCUT2D eigenvalue weighted by Gasteiger charge is -2.11. The van der Waals surface area contributed by atoms with E-state index >= 15 is 0 Å². The van der Waals surface area contributed by atoms with Crippen molar-refractivity contribution in [1.82, 2.24) is 15.2 Å². The minimum atomic E-state index is 0.165. The molecule has 5 nitrogen and oxygen atoms in total. The number of H-pyrrole nitrogens is 1. The molecule has 0 fully saturated rings. The summed E-state index contributed by atoms with van der Waals surface area (Å²) in [6.45, 7) is 0. The molecule has 25 heavy (non-hydrogen) atoms. The SMILES string of the molecule is N#Cc1c(-c2ccc(Cl)cc2)nc2[nH]ncc2c1-c1ccc(O)cc1. The van der Waals surface area contributed by atoms with E-state index in [1.165, 1.54) is 0 Å². The van der Waals surface area contributed by atoms with Crippen LogP contribution in [0.3, 0.4) is 0 Å². The molecule has 2 heterocycles. The summed E-state index contributed by atoms with van der Waals surface area (Å²) in [6, 6.07) is 16.2. The predicted octanol–water partition coefficient (Wildman–Crippen LogP) is 4.52. The lowest BCUT2D eigenvalue weighted by Crippen LogP contribution is -1.95. The van der Waals surface area contributed by atoms with Gasteiger partial charge in [-0.25, -0.2) is 4.98 Å². The lowest BCUT2D eigenvalue weighted by atomic mass is 9.94. The van der Waals surface area contributed by atoms with Crippen molar-refractivity contribution in [3.63, 3.8) is 0 Å². The van der Waals surface area contributed by atoms with E-state index in [2.05, 4.69) is 21.3 Å². The first-order valence-electron chi connectivity index (χ1n) is 7.50. The Morgan fingerprint density at radius 3 is 2.36 bits per heavy atom. The molecule has 0 saturated carbocycles. The normalized spacial score (nSPS) is 10.7. The van der Waals surface area contributed by atoms with Gasteiger partial charge in [-0.05, 0) is 29.8 Å². The van der Waals surface area contributed by atoms with Crippen molar-refractivity contribution in [3.8, 4) is 34.2 Å². The highest BCUT2D eigenvalue weighted by Crippen LogP contribution is 2.36. The summed E-state index contributed by atoms with van der Waals surface area (Å²) < 4.78 is 0. The number of phenolic OH excluding ortho intramolecular Hbond substituents is 1. The Morgan fingerprint density at radius 1 is 1.00 bits per heavy atom. The number of hydrogen-bond donors (Lipinski definition) is 2. The summed E-state index contributed by atoms with van der Waals surface area (Å²) in [7, 11) is 0. The lowest BCUT2D eigenvalue weighted by molar-refractivity contribution is 0.475. The van der Waals surface area contributed by atoms with Crippen LogP contribution in [0.4, 0.5) is 0 Å². The molecule has 0 saturated heterocycles. The molecular formula is C19H11ClN4O. The van der Waals surface area contributed by atoms with Gasteiger partial charge < -0.3 is 5.11 Å². The van der Waals surface area contributed by atoms with Crippen LogP contribution < -0.4 is 0 Å². The summed E-state index contributed by atoms with van der Waals surface area (Å²) >= 11 is 5.97. The number of aromatic amines is 1. The van der Waals surface area contributed by atoms with Crippen LogP contribution >= 0.6 is 11.6 Å². The third-order valence-electron chi connectivity index (χ3n) is 3.98. The molecule has 0 unspecified atom stereocenters. The fraction of sp³-hybridized carbons (Fsp3) is 0. The zero-order valence-corrected chi connectivity index (χ0v) is 13.6. The van der Waals surface area contributed by atoms with Crippen LogP contribution in [0.25, 0.3) is 33.4 Å². The van der Waals surface area contributed by atoms with Gasteiger partial charge in [-0.15, -0.1) is 0 Å². The number of halogens is 1. The zero-order valence-electron chi connectivity index (χ0n) is 12.9. The Morgan fingerprint density at radius 2 is 1.68 bits per heavy atom. The van der Waals surface area contributed by atoms with Crippen LogP contribution in [0.15, 0.2) is 54.7 Å². The highest BCUT2D eigenvalue weighted by molar-refractivity contribution is 6.30. The van der Waals surface area contributed by atoms with Gasteiger partial charge in [0.1, 0.15) is 11.8 Å². The number of phenols is 1. The van der Waals surface area contributed by atoms with Crippen molar-refractivity contribution in [2.24, 2.45) is 0 Å². The van der Waals surface area contributed by atoms with Crippen LogP contribution in [0.5, 0.6) is 5.75 Å². The fourth-order valence-electron chi connectivity index (χ4n) is 2.82. The maximum Gasteiger partial charge on any atom is 0.156 e. The molecule has 0 atom stereocenters. The minimum absolute atomic E-state index is 0.165. The number of fused-ring (bicyclic) bond motifs is 1. The molecule has 0 radical (unpaired) electrons. The number of nitriles is 1. The second kappa shape index (κ2) is 5.93. The largest absolute Gasteiger partial charge is 0.508 e. The third kappa shape index (κ3) is 2.59. The van der Waals surface area contributed by atoms with Crippen LogP contribution in [0.2, 0.25) is 5.02 Å². The van der Waals surface area contributed by atoms with E-state index in [1.807, 2.05) is 12.1 Å². The molecular weight excluding hydrogens is 336 g/mol. The maximum atomic E-state index is 9.83. The summed E-state index contributed by atoms with van der Waals surface area (Å²) in [5.41, 5.74) is 3.91. The van der Waals surface area contributed by atoms with Gasteiger partial charge in [0.2, 0.25) is 0 Å². The van der Waals surface area contributed by atoms with Crippen LogP contribution in [0, 0.1) is 11.3 Å². The molecule has 0 bridgehead atoms. The zero-order chi connectivity index (χ0) is 17.4. The molecule has 2 N–H and O–H groups in total. The van der Waals surface area contributed by atoms with E-state index in [9.17, 15) is 10.4 Å². The molecule has 120 valence electrons. The van der Waals surface area contributed by atoms with Gasteiger partial charge in [0.15, 0.2) is 5.65 Å². The first kappa shape index (κ1) is 15.2. The van der Waals surface area contributed by atoms with Gasteiger partial charge in [0.05, 0.1) is 17.5 Å². The molecule has 0 amide bonds. The smallest absolute Gasteiger partial charge is 0.156 e. The average molecular weight is 347 g/mol. The van der Waals surface area contributed by atoms with E-state index in [4.69, 9.17) is 11.6 Å².